The predicted molar refractivity (Wildman–Crippen MR) is 72.3 cm³/mol. The van der Waals surface area contributed by atoms with Crippen molar-refractivity contribution in [3.63, 3.8) is 0 Å². The normalized spacial score (nSPS) is 19.4. The van der Waals surface area contributed by atoms with Crippen molar-refractivity contribution in [2.75, 3.05) is 14.2 Å². The van der Waals surface area contributed by atoms with Gasteiger partial charge in [-0.25, -0.2) is 4.79 Å². The molecule has 0 N–H and O–H groups in total. The van der Waals surface area contributed by atoms with Gasteiger partial charge in [-0.15, -0.1) is 0 Å². The average molecular weight is 262 g/mol. The van der Waals surface area contributed by atoms with Crippen molar-refractivity contribution in [1.82, 2.24) is 0 Å². The first kappa shape index (κ1) is 13.5. The van der Waals surface area contributed by atoms with Crippen LogP contribution in [0.1, 0.15) is 25.8 Å². The molecule has 0 aliphatic carbocycles. The van der Waals surface area contributed by atoms with E-state index in [0.717, 1.165) is 5.56 Å². The van der Waals surface area contributed by atoms with Crippen LogP contribution in [-0.4, -0.2) is 25.8 Å². The number of benzene rings is 1. The van der Waals surface area contributed by atoms with Gasteiger partial charge >= 0.3 is 5.97 Å². The number of hydrogen-bond donors (Lipinski definition) is 0. The molecule has 0 aromatic heterocycles. The third kappa shape index (κ3) is 2.89. The van der Waals surface area contributed by atoms with E-state index in [0.29, 0.717) is 23.5 Å². The highest BCUT2D eigenvalue weighted by molar-refractivity contribution is 5.96. The zero-order chi connectivity index (χ0) is 14.0. The van der Waals surface area contributed by atoms with Crippen LogP contribution in [0.15, 0.2) is 23.8 Å². The SMILES string of the molecule is COc1ccc(C=C2CC(C)(C)OC2=O)c(OC)c1. The van der Waals surface area contributed by atoms with Crippen molar-refractivity contribution in [1.29, 1.82) is 0 Å². The Balaban J connectivity index is 2.35. The van der Waals surface area contributed by atoms with Crippen molar-refractivity contribution < 1.29 is 19.0 Å². The molecule has 2 rings (SSSR count). The van der Waals surface area contributed by atoms with Crippen molar-refractivity contribution in [3.8, 4) is 11.5 Å². The third-order valence-electron chi connectivity index (χ3n) is 3.02. The smallest absolute Gasteiger partial charge is 0.334 e. The summed E-state index contributed by atoms with van der Waals surface area (Å²) in [6.45, 7) is 3.80. The van der Waals surface area contributed by atoms with Crippen LogP contribution in [0.4, 0.5) is 0 Å². The number of carbonyl (C=O) groups is 1. The summed E-state index contributed by atoms with van der Waals surface area (Å²) in [7, 11) is 3.19. The summed E-state index contributed by atoms with van der Waals surface area (Å²) in [5.41, 5.74) is 1.07. The number of carbonyl (C=O) groups excluding carboxylic acids is 1. The maximum Gasteiger partial charge on any atom is 0.334 e. The average Bonchev–Trinajstić information content (AvgIpc) is 2.62. The first-order valence-electron chi connectivity index (χ1n) is 6.11. The van der Waals surface area contributed by atoms with Crippen molar-refractivity contribution in [3.05, 3.63) is 29.3 Å². The second kappa shape index (κ2) is 4.96. The van der Waals surface area contributed by atoms with Crippen molar-refractivity contribution >= 4 is 12.0 Å². The predicted octanol–water partition coefficient (Wildman–Crippen LogP) is 2.81. The van der Waals surface area contributed by atoms with Gasteiger partial charge in [0, 0.05) is 23.6 Å². The van der Waals surface area contributed by atoms with Crippen LogP contribution in [0.2, 0.25) is 0 Å². The largest absolute Gasteiger partial charge is 0.497 e. The van der Waals surface area contributed by atoms with Crippen LogP contribution < -0.4 is 9.47 Å². The number of methoxy groups -OCH3 is 2. The second-order valence-corrected chi connectivity index (χ2v) is 5.10. The van der Waals surface area contributed by atoms with Crippen LogP contribution >= 0.6 is 0 Å². The Hall–Kier alpha value is -1.97. The monoisotopic (exact) mass is 262 g/mol. The maximum absolute atomic E-state index is 11.8. The van der Waals surface area contributed by atoms with E-state index in [2.05, 4.69) is 0 Å². The van der Waals surface area contributed by atoms with Gasteiger partial charge in [-0.05, 0) is 32.1 Å². The fourth-order valence-corrected chi connectivity index (χ4v) is 2.12. The summed E-state index contributed by atoms with van der Waals surface area (Å²) in [4.78, 5) is 11.8. The fourth-order valence-electron chi connectivity index (χ4n) is 2.12. The molecular formula is C15H18O4. The maximum atomic E-state index is 11.8. The minimum Gasteiger partial charge on any atom is -0.497 e. The van der Waals surface area contributed by atoms with Gasteiger partial charge in [0.25, 0.3) is 0 Å². The topological polar surface area (TPSA) is 44.8 Å². The molecule has 0 spiro atoms. The summed E-state index contributed by atoms with van der Waals surface area (Å²) < 4.78 is 15.7. The van der Waals surface area contributed by atoms with E-state index in [1.807, 2.05) is 32.1 Å². The molecule has 4 nitrogen and oxygen atoms in total. The Morgan fingerprint density at radius 2 is 2.00 bits per heavy atom. The van der Waals surface area contributed by atoms with E-state index in [4.69, 9.17) is 14.2 Å². The molecule has 1 aliphatic rings. The van der Waals surface area contributed by atoms with E-state index in [-0.39, 0.29) is 5.97 Å². The molecule has 1 saturated heterocycles. The molecule has 1 aliphatic heterocycles. The Morgan fingerprint density at radius 1 is 1.26 bits per heavy atom. The summed E-state index contributed by atoms with van der Waals surface area (Å²) in [5, 5.41) is 0. The van der Waals surface area contributed by atoms with E-state index < -0.39 is 5.60 Å². The molecule has 4 heteroatoms. The number of esters is 1. The molecule has 0 amide bonds. The molecule has 0 bridgehead atoms. The van der Waals surface area contributed by atoms with Crippen molar-refractivity contribution in [2.24, 2.45) is 0 Å². The lowest BCUT2D eigenvalue weighted by molar-refractivity contribution is -0.143. The molecule has 1 heterocycles. The highest BCUT2D eigenvalue weighted by atomic mass is 16.6. The van der Waals surface area contributed by atoms with Gasteiger partial charge in [0.05, 0.1) is 14.2 Å². The fraction of sp³-hybridized carbons (Fsp3) is 0.400. The number of hydrogen-bond acceptors (Lipinski definition) is 4. The second-order valence-electron chi connectivity index (χ2n) is 5.10. The molecular weight excluding hydrogens is 244 g/mol. The van der Waals surface area contributed by atoms with Crippen LogP contribution in [0.3, 0.4) is 0 Å². The standard InChI is InChI=1S/C15H18O4/c1-15(2)9-11(14(16)19-15)7-10-5-6-12(17-3)8-13(10)18-4/h5-8H,9H2,1-4H3. The molecule has 102 valence electrons. The minimum atomic E-state index is -0.428. The highest BCUT2D eigenvalue weighted by Crippen LogP contribution is 2.33. The summed E-state index contributed by atoms with van der Waals surface area (Å²) in [5.74, 6) is 1.13. The Morgan fingerprint density at radius 3 is 2.53 bits per heavy atom. The van der Waals surface area contributed by atoms with Crippen LogP contribution in [0, 0.1) is 0 Å². The van der Waals surface area contributed by atoms with Crippen LogP contribution in [0.25, 0.3) is 6.08 Å². The van der Waals surface area contributed by atoms with Gasteiger partial charge < -0.3 is 14.2 Å². The van der Waals surface area contributed by atoms with Gasteiger partial charge in [-0.1, -0.05) is 0 Å². The number of rotatable bonds is 3. The molecule has 0 unspecified atom stereocenters. The highest BCUT2D eigenvalue weighted by Gasteiger charge is 2.35. The van der Waals surface area contributed by atoms with Crippen LogP contribution in [-0.2, 0) is 9.53 Å². The Labute approximate surface area is 113 Å². The quantitative estimate of drug-likeness (QED) is 0.620. The van der Waals surface area contributed by atoms with Gasteiger partial charge in [0.15, 0.2) is 0 Å². The van der Waals surface area contributed by atoms with Crippen molar-refractivity contribution in [2.45, 2.75) is 25.9 Å². The third-order valence-corrected chi connectivity index (χ3v) is 3.02. The zero-order valence-corrected chi connectivity index (χ0v) is 11.6. The molecule has 0 radical (unpaired) electrons. The van der Waals surface area contributed by atoms with E-state index >= 15 is 0 Å². The lowest BCUT2D eigenvalue weighted by Gasteiger charge is -2.13. The summed E-state index contributed by atoms with van der Waals surface area (Å²) in [6, 6.07) is 5.49. The van der Waals surface area contributed by atoms with E-state index in [1.54, 1.807) is 20.3 Å². The first-order valence-corrected chi connectivity index (χ1v) is 6.11. The summed E-state index contributed by atoms with van der Waals surface area (Å²) >= 11 is 0. The zero-order valence-electron chi connectivity index (χ0n) is 11.6. The Kier molecular flexibility index (Phi) is 3.51. The van der Waals surface area contributed by atoms with Crippen LogP contribution in [0.5, 0.6) is 11.5 Å². The molecule has 0 saturated carbocycles. The number of cyclic esters (lactones) is 1. The van der Waals surface area contributed by atoms with Gasteiger partial charge in [-0.3, -0.25) is 0 Å². The first-order chi connectivity index (χ1) is 8.95. The summed E-state index contributed by atoms with van der Waals surface area (Å²) in [6.07, 6.45) is 2.41. The molecule has 1 aromatic rings. The van der Waals surface area contributed by atoms with Gasteiger partial charge in [0.2, 0.25) is 0 Å². The molecule has 1 aromatic carbocycles. The van der Waals surface area contributed by atoms with Gasteiger partial charge in [-0.2, -0.15) is 0 Å². The lowest BCUT2D eigenvalue weighted by Crippen LogP contribution is -2.17. The number of ether oxygens (including phenoxy) is 3. The Bertz CT molecular complexity index is 529. The molecule has 0 atom stereocenters. The lowest BCUT2D eigenvalue weighted by atomic mass is 10.0. The molecule has 19 heavy (non-hydrogen) atoms. The van der Waals surface area contributed by atoms with E-state index in [9.17, 15) is 4.79 Å². The van der Waals surface area contributed by atoms with E-state index in [1.165, 1.54) is 0 Å². The minimum absolute atomic E-state index is 0.261. The molecule has 1 fully saturated rings. The van der Waals surface area contributed by atoms with Gasteiger partial charge in [0.1, 0.15) is 17.1 Å².